The Kier molecular flexibility index (Phi) is 4.63. The standard InChI is InChI=1S/C21H16N6O2/c1-13-19(21(28)24-17-5-3-4-15(10-17)11-22)12-27(25-13)18-8-6-16(7-9-18)20-23-14(2)29-26-20/h3-10,12H,1-2H3,(H,24,28). The van der Waals surface area contributed by atoms with Gasteiger partial charge in [-0.15, -0.1) is 0 Å². The zero-order valence-corrected chi connectivity index (χ0v) is 15.7. The Hall–Kier alpha value is -4.25. The van der Waals surface area contributed by atoms with E-state index in [1.807, 2.05) is 24.3 Å². The number of carbonyl (C=O) groups is 1. The highest BCUT2D eigenvalue weighted by atomic mass is 16.5. The van der Waals surface area contributed by atoms with Gasteiger partial charge in [-0.2, -0.15) is 15.3 Å². The number of rotatable bonds is 4. The first-order valence-electron chi connectivity index (χ1n) is 8.82. The Morgan fingerprint density at radius 1 is 1.17 bits per heavy atom. The summed E-state index contributed by atoms with van der Waals surface area (Å²) < 4.78 is 6.64. The maximum Gasteiger partial charge on any atom is 0.259 e. The molecule has 4 rings (SSSR count). The van der Waals surface area contributed by atoms with Gasteiger partial charge in [0, 0.05) is 24.4 Å². The van der Waals surface area contributed by atoms with Crippen LogP contribution in [0.5, 0.6) is 0 Å². The van der Waals surface area contributed by atoms with Crippen molar-refractivity contribution in [2.45, 2.75) is 13.8 Å². The van der Waals surface area contributed by atoms with Gasteiger partial charge >= 0.3 is 0 Å². The normalized spacial score (nSPS) is 10.5. The second kappa shape index (κ2) is 7.40. The lowest BCUT2D eigenvalue weighted by molar-refractivity contribution is 0.102. The first kappa shape index (κ1) is 18.1. The lowest BCUT2D eigenvalue weighted by atomic mass is 10.2. The first-order valence-corrected chi connectivity index (χ1v) is 8.82. The van der Waals surface area contributed by atoms with Crippen LogP contribution in [0.2, 0.25) is 0 Å². The van der Waals surface area contributed by atoms with Crippen LogP contribution in [-0.4, -0.2) is 25.8 Å². The Labute approximate surface area is 166 Å². The highest BCUT2D eigenvalue weighted by molar-refractivity contribution is 6.05. The first-order chi connectivity index (χ1) is 14.0. The van der Waals surface area contributed by atoms with Gasteiger partial charge in [-0.1, -0.05) is 11.2 Å². The molecule has 0 bridgehead atoms. The molecule has 0 saturated carbocycles. The molecule has 0 saturated heterocycles. The average Bonchev–Trinajstić information content (AvgIpc) is 3.34. The van der Waals surface area contributed by atoms with E-state index in [0.29, 0.717) is 34.2 Å². The zero-order valence-electron chi connectivity index (χ0n) is 15.7. The summed E-state index contributed by atoms with van der Waals surface area (Å²) in [6.45, 7) is 3.51. The van der Waals surface area contributed by atoms with Gasteiger partial charge in [0.05, 0.1) is 28.6 Å². The van der Waals surface area contributed by atoms with Crippen LogP contribution in [0.1, 0.15) is 27.5 Å². The second-order valence-electron chi connectivity index (χ2n) is 6.40. The molecule has 29 heavy (non-hydrogen) atoms. The van der Waals surface area contributed by atoms with E-state index < -0.39 is 0 Å². The molecule has 0 aliphatic carbocycles. The van der Waals surface area contributed by atoms with Crippen LogP contribution in [0.3, 0.4) is 0 Å². The summed E-state index contributed by atoms with van der Waals surface area (Å²) in [6, 6.07) is 16.3. The highest BCUT2D eigenvalue weighted by Gasteiger charge is 2.15. The van der Waals surface area contributed by atoms with Crippen molar-refractivity contribution < 1.29 is 9.32 Å². The monoisotopic (exact) mass is 384 g/mol. The third-order valence-electron chi connectivity index (χ3n) is 4.31. The van der Waals surface area contributed by atoms with E-state index in [1.165, 1.54) is 0 Å². The highest BCUT2D eigenvalue weighted by Crippen LogP contribution is 2.20. The number of hydrogen-bond donors (Lipinski definition) is 1. The van der Waals surface area contributed by atoms with Crippen molar-refractivity contribution in [3.63, 3.8) is 0 Å². The van der Waals surface area contributed by atoms with Crippen molar-refractivity contribution in [3.8, 4) is 23.1 Å². The predicted octanol–water partition coefficient (Wildman–Crippen LogP) is 3.66. The lowest BCUT2D eigenvalue weighted by Gasteiger charge is -2.04. The fourth-order valence-electron chi connectivity index (χ4n) is 2.86. The molecule has 142 valence electrons. The van der Waals surface area contributed by atoms with Gasteiger partial charge in [0.2, 0.25) is 11.7 Å². The second-order valence-corrected chi connectivity index (χ2v) is 6.40. The van der Waals surface area contributed by atoms with Crippen molar-refractivity contribution >= 4 is 11.6 Å². The SMILES string of the molecule is Cc1nc(-c2ccc(-n3cc(C(=O)Nc4cccc(C#N)c4)c(C)n3)cc2)no1. The predicted molar refractivity (Wildman–Crippen MR) is 105 cm³/mol. The van der Waals surface area contributed by atoms with E-state index in [9.17, 15) is 4.79 Å². The van der Waals surface area contributed by atoms with E-state index in [-0.39, 0.29) is 5.91 Å². The van der Waals surface area contributed by atoms with Gasteiger partial charge in [0.25, 0.3) is 5.91 Å². The number of aromatic nitrogens is 4. The van der Waals surface area contributed by atoms with Crippen LogP contribution in [0.15, 0.2) is 59.3 Å². The molecule has 2 heterocycles. The van der Waals surface area contributed by atoms with Crippen molar-refractivity contribution in [1.82, 2.24) is 19.9 Å². The van der Waals surface area contributed by atoms with Crippen molar-refractivity contribution in [1.29, 1.82) is 5.26 Å². The number of nitrogens with zero attached hydrogens (tertiary/aromatic N) is 5. The lowest BCUT2D eigenvalue weighted by Crippen LogP contribution is -2.12. The summed E-state index contributed by atoms with van der Waals surface area (Å²) in [5, 5.41) is 20.1. The van der Waals surface area contributed by atoms with Crippen LogP contribution < -0.4 is 5.32 Å². The van der Waals surface area contributed by atoms with E-state index >= 15 is 0 Å². The van der Waals surface area contributed by atoms with E-state index in [2.05, 4.69) is 26.6 Å². The van der Waals surface area contributed by atoms with Crippen LogP contribution in [0.4, 0.5) is 5.69 Å². The van der Waals surface area contributed by atoms with Gasteiger partial charge in [0.15, 0.2) is 0 Å². The Balaban J connectivity index is 1.55. The zero-order chi connectivity index (χ0) is 20.4. The third-order valence-corrected chi connectivity index (χ3v) is 4.31. The van der Waals surface area contributed by atoms with Crippen LogP contribution in [-0.2, 0) is 0 Å². The molecule has 0 aliphatic rings. The molecule has 1 N–H and O–H groups in total. The van der Waals surface area contributed by atoms with Crippen LogP contribution in [0, 0.1) is 25.2 Å². The van der Waals surface area contributed by atoms with Gasteiger partial charge < -0.3 is 9.84 Å². The molecule has 8 heteroatoms. The smallest absolute Gasteiger partial charge is 0.259 e. The minimum absolute atomic E-state index is 0.289. The maximum atomic E-state index is 12.6. The Morgan fingerprint density at radius 2 is 1.97 bits per heavy atom. The summed E-state index contributed by atoms with van der Waals surface area (Å²) in [6.07, 6.45) is 1.67. The number of nitriles is 1. The topological polar surface area (TPSA) is 110 Å². The molecule has 0 fully saturated rings. The fraction of sp³-hybridized carbons (Fsp3) is 0.0952. The summed E-state index contributed by atoms with van der Waals surface area (Å²) in [5.41, 5.74) is 3.70. The molecule has 0 atom stereocenters. The van der Waals surface area contributed by atoms with Crippen molar-refractivity contribution in [3.05, 3.63) is 77.4 Å². The van der Waals surface area contributed by atoms with Crippen LogP contribution in [0.25, 0.3) is 17.1 Å². The van der Waals surface area contributed by atoms with E-state index in [4.69, 9.17) is 9.78 Å². The molecule has 1 amide bonds. The molecule has 0 aliphatic heterocycles. The molecule has 2 aromatic carbocycles. The van der Waals surface area contributed by atoms with Gasteiger partial charge in [-0.05, 0) is 49.4 Å². The molecule has 8 nitrogen and oxygen atoms in total. The molecule has 2 aromatic heterocycles. The Bertz CT molecular complexity index is 1230. The number of aryl methyl sites for hydroxylation is 2. The number of amides is 1. The van der Waals surface area contributed by atoms with Gasteiger partial charge in [-0.3, -0.25) is 4.79 Å². The summed E-state index contributed by atoms with van der Waals surface area (Å²) in [4.78, 5) is 16.9. The van der Waals surface area contributed by atoms with Gasteiger partial charge in [0.1, 0.15) is 0 Å². The molecule has 0 spiro atoms. The molecule has 0 radical (unpaired) electrons. The molecular formula is C21H16N6O2. The number of hydrogen-bond acceptors (Lipinski definition) is 6. The number of anilines is 1. The molecule has 0 unspecified atom stereocenters. The summed E-state index contributed by atoms with van der Waals surface area (Å²) >= 11 is 0. The Morgan fingerprint density at radius 3 is 2.66 bits per heavy atom. The summed E-state index contributed by atoms with van der Waals surface area (Å²) in [5.74, 6) is 0.732. The number of carbonyl (C=O) groups excluding carboxylic acids is 1. The summed E-state index contributed by atoms with van der Waals surface area (Å²) in [7, 11) is 0. The van der Waals surface area contributed by atoms with Gasteiger partial charge in [-0.25, -0.2) is 4.68 Å². The van der Waals surface area contributed by atoms with E-state index in [1.54, 1.807) is 49.0 Å². The number of nitrogens with one attached hydrogen (secondary N) is 1. The fourth-order valence-corrected chi connectivity index (χ4v) is 2.86. The maximum absolute atomic E-state index is 12.6. The van der Waals surface area contributed by atoms with Crippen LogP contribution >= 0.6 is 0 Å². The largest absolute Gasteiger partial charge is 0.339 e. The molecule has 4 aromatic rings. The average molecular weight is 384 g/mol. The van der Waals surface area contributed by atoms with Crippen molar-refractivity contribution in [2.75, 3.05) is 5.32 Å². The van der Waals surface area contributed by atoms with E-state index in [0.717, 1.165) is 11.3 Å². The molecular weight excluding hydrogens is 368 g/mol. The minimum Gasteiger partial charge on any atom is -0.339 e. The quantitative estimate of drug-likeness (QED) is 0.575. The third kappa shape index (κ3) is 3.75. The minimum atomic E-state index is -0.289. The number of benzene rings is 2. The van der Waals surface area contributed by atoms with Crippen molar-refractivity contribution in [2.24, 2.45) is 0 Å².